The molecule has 1 aliphatic rings. The van der Waals surface area contributed by atoms with E-state index >= 15 is 0 Å². The molecular weight excluding hydrogens is 228 g/mol. The van der Waals surface area contributed by atoms with Gasteiger partial charge in [-0.25, -0.2) is 0 Å². The minimum atomic E-state index is -1.70. The number of carboxylic acid groups (broad SMARTS) is 1. The van der Waals surface area contributed by atoms with Crippen molar-refractivity contribution >= 4 is 17.3 Å². The molecule has 0 spiro atoms. The molecule has 1 aromatic heterocycles. The summed E-state index contributed by atoms with van der Waals surface area (Å²) in [6, 6.07) is 1.81. The molecule has 88 valence electrons. The van der Waals surface area contributed by atoms with Crippen LogP contribution < -0.4 is 0 Å². The number of carbonyl (C=O) groups is 1. The van der Waals surface area contributed by atoms with Gasteiger partial charge in [0.15, 0.2) is 5.79 Å². The van der Waals surface area contributed by atoms with Crippen molar-refractivity contribution < 1.29 is 20.1 Å². The monoisotopic (exact) mass is 242 g/mol. The second kappa shape index (κ2) is 3.84. The van der Waals surface area contributed by atoms with Gasteiger partial charge in [-0.2, -0.15) is 11.3 Å². The van der Waals surface area contributed by atoms with Gasteiger partial charge >= 0.3 is 5.97 Å². The molecule has 0 bridgehead atoms. The molecule has 1 aromatic rings. The molecule has 0 amide bonds. The Bertz CT molecular complexity index is 373. The van der Waals surface area contributed by atoms with Gasteiger partial charge in [0.05, 0.1) is 5.41 Å². The van der Waals surface area contributed by atoms with Crippen LogP contribution in [-0.4, -0.2) is 27.1 Å². The van der Waals surface area contributed by atoms with E-state index in [1.807, 2.05) is 10.8 Å². The lowest BCUT2D eigenvalue weighted by Crippen LogP contribution is -2.45. The average Bonchev–Trinajstić information content (AvgIpc) is 2.71. The minimum absolute atomic E-state index is 0.106. The van der Waals surface area contributed by atoms with Crippen LogP contribution in [0.1, 0.15) is 31.2 Å². The van der Waals surface area contributed by atoms with Crippen molar-refractivity contribution in [1.29, 1.82) is 0 Å². The molecule has 5 heteroatoms. The lowest BCUT2D eigenvalue weighted by Gasteiger charge is -2.38. The van der Waals surface area contributed by atoms with Gasteiger partial charge in [0.1, 0.15) is 0 Å². The average molecular weight is 242 g/mol. The first kappa shape index (κ1) is 11.6. The van der Waals surface area contributed by atoms with E-state index < -0.39 is 17.2 Å². The van der Waals surface area contributed by atoms with E-state index in [1.54, 1.807) is 6.07 Å². The molecule has 1 aliphatic carbocycles. The van der Waals surface area contributed by atoms with Gasteiger partial charge in [0, 0.05) is 12.8 Å². The number of hydrogen-bond donors (Lipinski definition) is 3. The Balaban J connectivity index is 2.30. The van der Waals surface area contributed by atoms with Crippen LogP contribution in [0.3, 0.4) is 0 Å². The standard InChI is InChI=1S/C11H14O4S/c12-9(13)10(8-1-6-16-7-8)2-4-11(14,15)5-3-10/h1,6-7,14-15H,2-5H2,(H,12,13). The van der Waals surface area contributed by atoms with Gasteiger partial charge < -0.3 is 15.3 Å². The SMILES string of the molecule is O=C(O)C1(c2ccsc2)CCC(O)(O)CC1. The molecule has 1 fully saturated rings. The zero-order chi connectivity index (χ0) is 11.8. The topological polar surface area (TPSA) is 77.8 Å². The lowest BCUT2D eigenvalue weighted by molar-refractivity contribution is -0.192. The Morgan fingerprint density at radius 1 is 1.25 bits per heavy atom. The highest BCUT2D eigenvalue weighted by molar-refractivity contribution is 7.08. The third kappa shape index (κ3) is 1.86. The van der Waals surface area contributed by atoms with Gasteiger partial charge in [0.25, 0.3) is 0 Å². The smallest absolute Gasteiger partial charge is 0.314 e. The zero-order valence-corrected chi connectivity index (χ0v) is 9.54. The summed E-state index contributed by atoms with van der Waals surface area (Å²) in [6.07, 6.45) is 0.752. The Hall–Kier alpha value is -0.910. The summed E-state index contributed by atoms with van der Waals surface area (Å²) in [5.74, 6) is -2.57. The number of aliphatic hydroxyl groups is 2. The normalized spacial score (nSPS) is 22.9. The number of aliphatic carboxylic acids is 1. The number of rotatable bonds is 2. The summed E-state index contributed by atoms with van der Waals surface area (Å²) in [4.78, 5) is 11.4. The lowest BCUT2D eigenvalue weighted by atomic mass is 9.68. The number of carboxylic acids is 1. The van der Waals surface area contributed by atoms with Crippen LogP contribution in [0.25, 0.3) is 0 Å². The fourth-order valence-corrected chi connectivity index (χ4v) is 2.99. The van der Waals surface area contributed by atoms with Crippen LogP contribution in [0, 0.1) is 0 Å². The van der Waals surface area contributed by atoms with E-state index in [9.17, 15) is 20.1 Å². The first-order chi connectivity index (χ1) is 7.46. The van der Waals surface area contributed by atoms with E-state index in [4.69, 9.17) is 0 Å². The maximum atomic E-state index is 11.4. The van der Waals surface area contributed by atoms with Crippen LogP contribution >= 0.6 is 11.3 Å². The molecule has 3 N–H and O–H groups in total. The first-order valence-corrected chi connectivity index (χ1v) is 6.11. The van der Waals surface area contributed by atoms with E-state index in [0.29, 0.717) is 0 Å². The third-order valence-corrected chi connectivity index (χ3v) is 4.07. The van der Waals surface area contributed by atoms with Crippen LogP contribution in [-0.2, 0) is 10.2 Å². The first-order valence-electron chi connectivity index (χ1n) is 5.17. The van der Waals surface area contributed by atoms with E-state index in [0.717, 1.165) is 5.56 Å². The van der Waals surface area contributed by atoms with E-state index in [2.05, 4.69) is 0 Å². The van der Waals surface area contributed by atoms with Gasteiger partial charge in [-0.1, -0.05) is 0 Å². The summed E-state index contributed by atoms with van der Waals surface area (Å²) < 4.78 is 0. The van der Waals surface area contributed by atoms with Crippen molar-refractivity contribution in [2.75, 3.05) is 0 Å². The summed E-state index contributed by atoms with van der Waals surface area (Å²) in [5.41, 5.74) is -0.157. The van der Waals surface area contributed by atoms with Crippen molar-refractivity contribution in [3.05, 3.63) is 22.4 Å². The molecule has 1 saturated carbocycles. The van der Waals surface area contributed by atoms with Crippen molar-refractivity contribution in [1.82, 2.24) is 0 Å². The fraction of sp³-hybridized carbons (Fsp3) is 0.545. The molecular formula is C11H14O4S. The quantitative estimate of drug-likeness (QED) is 0.684. The number of hydrogen-bond acceptors (Lipinski definition) is 4. The molecule has 0 radical (unpaired) electrons. The molecule has 4 nitrogen and oxygen atoms in total. The van der Waals surface area contributed by atoms with Crippen molar-refractivity contribution in [2.45, 2.75) is 36.9 Å². The van der Waals surface area contributed by atoms with Crippen LogP contribution in [0.4, 0.5) is 0 Å². The fourth-order valence-electron chi connectivity index (χ4n) is 2.24. The molecule has 16 heavy (non-hydrogen) atoms. The van der Waals surface area contributed by atoms with Gasteiger partial charge in [-0.05, 0) is 35.2 Å². The maximum absolute atomic E-state index is 11.4. The van der Waals surface area contributed by atoms with E-state index in [-0.39, 0.29) is 25.7 Å². The highest BCUT2D eigenvalue weighted by atomic mass is 32.1. The summed E-state index contributed by atoms with van der Waals surface area (Å²) >= 11 is 1.46. The van der Waals surface area contributed by atoms with Crippen molar-refractivity contribution in [2.24, 2.45) is 0 Å². The van der Waals surface area contributed by atoms with Gasteiger partial charge in [-0.15, -0.1) is 0 Å². The second-order valence-corrected chi connectivity index (χ2v) is 5.16. The molecule has 0 unspecified atom stereocenters. The minimum Gasteiger partial charge on any atom is -0.481 e. The Labute approximate surface area is 97.2 Å². The number of thiophene rings is 1. The summed E-state index contributed by atoms with van der Waals surface area (Å²) in [6.45, 7) is 0. The molecule has 2 rings (SSSR count). The molecule has 0 aromatic carbocycles. The van der Waals surface area contributed by atoms with Crippen molar-refractivity contribution in [3.63, 3.8) is 0 Å². The highest BCUT2D eigenvalue weighted by Crippen LogP contribution is 2.43. The highest BCUT2D eigenvalue weighted by Gasteiger charge is 2.47. The zero-order valence-electron chi connectivity index (χ0n) is 8.72. The maximum Gasteiger partial charge on any atom is 0.314 e. The molecule has 0 atom stereocenters. The van der Waals surface area contributed by atoms with Crippen LogP contribution in [0.5, 0.6) is 0 Å². The van der Waals surface area contributed by atoms with E-state index in [1.165, 1.54) is 11.3 Å². The molecule has 1 heterocycles. The second-order valence-electron chi connectivity index (χ2n) is 4.38. The van der Waals surface area contributed by atoms with Crippen LogP contribution in [0.15, 0.2) is 16.8 Å². The predicted molar refractivity (Wildman–Crippen MR) is 59.3 cm³/mol. The van der Waals surface area contributed by atoms with Crippen molar-refractivity contribution in [3.8, 4) is 0 Å². The van der Waals surface area contributed by atoms with Gasteiger partial charge in [-0.3, -0.25) is 4.79 Å². The summed E-state index contributed by atoms with van der Waals surface area (Å²) in [7, 11) is 0. The summed E-state index contributed by atoms with van der Waals surface area (Å²) in [5, 5.41) is 32.0. The predicted octanol–water partition coefficient (Wildman–Crippen LogP) is 1.33. The van der Waals surface area contributed by atoms with Crippen LogP contribution in [0.2, 0.25) is 0 Å². The Morgan fingerprint density at radius 2 is 1.88 bits per heavy atom. The van der Waals surface area contributed by atoms with Gasteiger partial charge in [0.2, 0.25) is 0 Å². The largest absolute Gasteiger partial charge is 0.481 e. The molecule has 0 saturated heterocycles. The Morgan fingerprint density at radius 3 is 2.31 bits per heavy atom. The third-order valence-electron chi connectivity index (χ3n) is 3.39. The Kier molecular flexibility index (Phi) is 2.77. The molecule has 0 aliphatic heterocycles.